The number of hydrogen-bond donors (Lipinski definition) is 1. The van der Waals surface area contributed by atoms with Crippen LogP contribution in [-0.4, -0.2) is 49.6 Å². The quantitative estimate of drug-likeness (QED) is 0.903. The lowest BCUT2D eigenvalue weighted by atomic mass is 10.1. The summed E-state index contributed by atoms with van der Waals surface area (Å²) in [5.74, 6) is 0.931. The summed E-state index contributed by atoms with van der Waals surface area (Å²) in [7, 11) is 4.32. The highest BCUT2D eigenvalue weighted by Gasteiger charge is 2.27. The summed E-state index contributed by atoms with van der Waals surface area (Å²) in [6.07, 6.45) is 4.28. The lowest BCUT2D eigenvalue weighted by Crippen LogP contribution is -2.40. The number of furan rings is 1. The summed E-state index contributed by atoms with van der Waals surface area (Å²) in [6, 6.07) is 2.70. The first kappa shape index (κ1) is 14.1. The Labute approximate surface area is 117 Å². The van der Waals surface area contributed by atoms with Gasteiger partial charge in [0.15, 0.2) is 0 Å². The highest BCUT2D eigenvalue weighted by molar-refractivity contribution is 9.10. The van der Waals surface area contributed by atoms with E-state index in [9.17, 15) is 0 Å². The number of nitrogens with two attached hydrogens (primary N) is 1. The van der Waals surface area contributed by atoms with Crippen LogP contribution < -0.4 is 5.73 Å². The van der Waals surface area contributed by atoms with E-state index < -0.39 is 0 Å². The molecule has 2 unspecified atom stereocenters. The predicted molar refractivity (Wildman–Crippen MR) is 76.5 cm³/mol. The number of nitrogens with zero attached hydrogens (tertiary/aromatic N) is 2. The summed E-state index contributed by atoms with van der Waals surface area (Å²) in [5.41, 5.74) is 5.91. The van der Waals surface area contributed by atoms with Gasteiger partial charge in [0.05, 0.1) is 16.8 Å². The molecular formula is C13H22BrN3O. The minimum absolute atomic E-state index is 0.142. The molecule has 0 amide bonds. The summed E-state index contributed by atoms with van der Waals surface area (Å²) in [5, 5.41) is 0. The molecule has 0 radical (unpaired) electrons. The maximum absolute atomic E-state index is 5.91. The van der Waals surface area contributed by atoms with Crippen LogP contribution >= 0.6 is 15.9 Å². The van der Waals surface area contributed by atoms with Gasteiger partial charge in [-0.1, -0.05) is 0 Å². The molecule has 1 aromatic heterocycles. The summed E-state index contributed by atoms with van der Waals surface area (Å²) in [4.78, 5) is 4.73. The zero-order valence-corrected chi connectivity index (χ0v) is 12.7. The standard InChI is InChI=1S/C13H22BrN3O/c1-16-6-3-4-10(16)9-17(2)12(8-15)13-11(14)5-7-18-13/h5,7,10,12H,3-4,6,8-9,15H2,1-2H3. The Bertz CT molecular complexity index is 382. The molecule has 102 valence electrons. The minimum atomic E-state index is 0.142. The fourth-order valence-electron chi connectivity index (χ4n) is 2.70. The Morgan fingerprint density at radius 1 is 1.67 bits per heavy atom. The van der Waals surface area contributed by atoms with Crippen molar-refractivity contribution in [3.05, 3.63) is 22.6 Å². The van der Waals surface area contributed by atoms with Crippen molar-refractivity contribution in [3.63, 3.8) is 0 Å². The fraction of sp³-hybridized carbons (Fsp3) is 0.692. The first-order valence-corrected chi connectivity index (χ1v) is 7.26. The van der Waals surface area contributed by atoms with Crippen molar-refractivity contribution >= 4 is 15.9 Å². The third-order valence-corrected chi connectivity index (χ3v) is 4.53. The van der Waals surface area contributed by atoms with E-state index in [1.165, 1.54) is 19.4 Å². The molecule has 1 saturated heterocycles. The zero-order valence-electron chi connectivity index (χ0n) is 11.1. The van der Waals surface area contributed by atoms with Crippen LogP contribution in [0.15, 0.2) is 21.2 Å². The van der Waals surface area contributed by atoms with Crippen LogP contribution in [0.2, 0.25) is 0 Å². The Hall–Kier alpha value is -0.360. The van der Waals surface area contributed by atoms with Crippen molar-refractivity contribution in [2.24, 2.45) is 5.73 Å². The summed E-state index contributed by atoms with van der Waals surface area (Å²) in [6.45, 7) is 2.81. The molecule has 2 atom stereocenters. The van der Waals surface area contributed by atoms with E-state index in [2.05, 4.69) is 39.8 Å². The van der Waals surface area contributed by atoms with Crippen LogP contribution in [0.3, 0.4) is 0 Å². The molecule has 1 fully saturated rings. The number of likely N-dealkylation sites (tertiary alicyclic amines) is 1. The van der Waals surface area contributed by atoms with Gasteiger partial charge in [0.1, 0.15) is 5.76 Å². The van der Waals surface area contributed by atoms with Gasteiger partial charge in [-0.15, -0.1) is 0 Å². The molecule has 0 aliphatic carbocycles. The number of likely N-dealkylation sites (N-methyl/N-ethyl adjacent to an activating group) is 2. The average molecular weight is 316 g/mol. The number of hydrogen-bond acceptors (Lipinski definition) is 4. The number of halogens is 1. The van der Waals surface area contributed by atoms with Crippen LogP contribution in [0.25, 0.3) is 0 Å². The second-order valence-corrected chi connectivity index (χ2v) is 5.95. The smallest absolute Gasteiger partial charge is 0.136 e. The SMILES string of the molecule is CN1CCCC1CN(C)C(CN)c1occc1Br. The molecule has 1 aliphatic rings. The molecule has 5 heteroatoms. The summed E-state index contributed by atoms with van der Waals surface area (Å²) < 4.78 is 6.55. The van der Waals surface area contributed by atoms with Crippen molar-refractivity contribution in [3.8, 4) is 0 Å². The average Bonchev–Trinajstić information content (AvgIpc) is 2.91. The van der Waals surface area contributed by atoms with E-state index in [1.807, 2.05) is 6.07 Å². The molecule has 1 aromatic rings. The van der Waals surface area contributed by atoms with E-state index in [4.69, 9.17) is 10.2 Å². The van der Waals surface area contributed by atoms with E-state index in [0.717, 1.165) is 16.8 Å². The van der Waals surface area contributed by atoms with Gasteiger partial charge in [-0.25, -0.2) is 0 Å². The van der Waals surface area contributed by atoms with Gasteiger partial charge < -0.3 is 15.1 Å². The Kier molecular flexibility index (Phi) is 4.84. The van der Waals surface area contributed by atoms with Gasteiger partial charge >= 0.3 is 0 Å². The van der Waals surface area contributed by atoms with Gasteiger partial charge in [-0.3, -0.25) is 4.90 Å². The summed E-state index contributed by atoms with van der Waals surface area (Å²) >= 11 is 3.51. The van der Waals surface area contributed by atoms with Gasteiger partial charge in [0.2, 0.25) is 0 Å². The lowest BCUT2D eigenvalue weighted by Gasteiger charge is -2.30. The molecular weight excluding hydrogens is 294 g/mol. The first-order chi connectivity index (χ1) is 8.63. The molecule has 0 saturated carbocycles. The van der Waals surface area contributed by atoms with Crippen molar-refractivity contribution in [1.82, 2.24) is 9.80 Å². The van der Waals surface area contributed by atoms with Gasteiger partial charge in [0.25, 0.3) is 0 Å². The lowest BCUT2D eigenvalue weighted by molar-refractivity contribution is 0.164. The molecule has 2 N–H and O–H groups in total. The van der Waals surface area contributed by atoms with Crippen molar-refractivity contribution in [1.29, 1.82) is 0 Å². The first-order valence-electron chi connectivity index (χ1n) is 6.47. The Balaban J connectivity index is 2.02. The molecule has 0 spiro atoms. The van der Waals surface area contributed by atoms with E-state index in [0.29, 0.717) is 12.6 Å². The van der Waals surface area contributed by atoms with Crippen molar-refractivity contribution in [2.45, 2.75) is 24.9 Å². The molecule has 0 aromatic carbocycles. The van der Waals surface area contributed by atoms with Gasteiger partial charge in [-0.05, 0) is 55.5 Å². The van der Waals surface area contributed by atoms with Crippen molar-refractivity contribution in [2.75, 3.05) is 33.7 Å². The van der Waals surface area contributed by atoms with Crippen LogP contribution in [0.5, 0.6) is 0 Å². The topological polar surface area (TPSA) is 45.6 Å². The maximum Gasteiger partial charge on any atom is 0.136 e. The Morgan fingerprint density at radius 3 is 2.94 bits per heavy atom. The fourth-order valence-corrected chi connectivity index (χ4v) is 3.17. The highest BCUT2D eigenvalue weighted by Crippen LogP contribution is 2.28. The number of rotatable bonds is 5. The molecule has 2 heterocycles. The van der Waals surface area contributed by atoms with Crippen LogP contribution in [0.1, 0.15) is 24.6 Å². The molecule has 0 bridgehead atoms. The minimum Gasteiger partial charge on any atom is -0.466 e. The van der Waals surface area contributed by atoms with Crippen molar-refractivity contribution < 1.29 is 4.42 Å². The second-order valence-electron chi connectivity index (χ2n) is 5.10. The van der Waals surface area contributed by atoms with Crippen LogP contribution in [-0.2, 0) is 0 Å². The third kappa shape index (κ3) is 2.96. The predicted octanol–water partition coefficient (Wildman–Crippen LogP) is 2.07. The third-order valence-electron chi connectivity index (χ3n) is 3.87. The van der Waals surface area contributed by atoms with Gasteiger partial charge in [-0.2, -0.15) is 0 Å². The van der Waals surface area contributed by atoms with E-state index >= 15 is 0 Å². The van der Waals surface area contributed by atoms with Crippen LogP contribution in [0.4, 0.5) is 0 Å². The molecule has 2 rings (SSSR count). The maximum atomic E-state index is 5.91. The largest absolute Gasteiger partial charge is 0.466 e. The van der Waals surface area contributed by atoms with E-state index in [1.54, 1.807) is 6.26 Å². The normalized spacial score (nSPS) is 22.8. The molecule has 4 nitrogen and oxygen atoms in total. The highest BCUT2D eigenvalue weighted by atomic mass is 79.9. The molecule has 1 aliphatic heterocycles. The second kappa shape index (κ2) is 6.19. The zero-order chi connectivity index (χ0) is 13.1. The van der Waals surface area contributed by atoms with E-state index in [-0.39, 0.29) is 6.04 Å². The molecule has 18 heavy (non-hydrogen) atoms. The van der Waals surface area contributed by atoms with Crippen LogP contribution in [0, 0.1) is 0 Å². The Morgan fingerprint density at radius 2 is 2.44 bits per heavy atom. The van der Waals surface area contributed by atoms with Gasteiger partial charge in [0, 0.05) is 19.1 Å². The monoisotopic (exact) mass is 315 g/mol.